The quantitative estimate of drug-likeness (QED) is 0.531. The van der Waals surface area contributed by atoms with Crippen LogP contribution in [0.25, 0.3) is 0 Å². The fourth-order valence-electron chi connectivity index (χ4n) is 2.90. The average Bonchev–Trinajstić information content (AvgIpc) is 3.27. The first kappa shape index (κ1) is 18.9. The Hall–Kier alpha value is -1.89. The molecule has 26 heavy (non-hydrogen) atoms. The molecular formula is C19H26BrN5O. The lowest BCUT2D eigenvalue weighted by molar-refractivity contribution is 0.371. The lowest BCUT2D eigenvalue weighted by Gasteiger charge is -2.19. The normalized spacial score (nSPS) is 16.0. The van der Waals surface area contributed by atoms with Crippen molar-refractivity contribution in [3.63, 3.8) is 0 Å². The molecule has 2 N–H and O–H groups in total. The fraction of sp³-hybridized carbons (Fsp3) is 0.526. The van der Waals surface area contributed by atoms with Gasteiger partial charge in [-0.05, 0) is 30.5 Å². The van der Waals surface area contributed by atoms with Gasteiger partial charge < -0.3 is 15.2 Å². The highest BCUT2D eigenvalue weighted by Crippen LogP contribution is 2.48. The number of aliphatic imine (C=N–C) groups is 1. The highest BCUT2D eigenvalue weighted by atomic mass is 79.9. The van der Waals surface area contributed by atoms with Crippen LogP contribution in [0.3, 0.4) is 0 Å². The zero-order valence-corrected chi connectivity index (χ0v) is 17.1. The molecule has 6 nitrogen and oxygen atoms in total. The molecule has 1 aromatic carbocycles. The molecule has 0 saturated heterocycles. The summed E-state index contributed by atoms with van der Waals surface area (Å²) >= 11 is 3.57. The number of nitrogens with zero attached hydrogens (tertiary/aromatic N) is 3. The van der Waals surface area contributed by atoms with Gasteiger partial charge in [-0.2, -0.15) is 4.98 Å². The van der Waals surface area contributed by atoms with E-state index in [1.807, 2.05) is 0 Å². The van der Waals surface area contributed by atoms with Crippen LogP contribution < -0.4 is 10.6 Å². The molecule has 1 saturated carbocycles. The molecule has 0 spiro atoms. The predicted octanol–water partition coefficient (Wildman–Crippen LogP) is 3.39. The summed E-state index contributed by atoms with van der Waals surface area (Å²) in [6.07, 6.45) is 3.08. The third kappa shape index (κ3) is 4.63. The molecule has 0 bridgehead atoms. The lowest BCUT2D eigenvalue weighted by atomic mass is 9.96. The maximum absolute atomic E-state index is 5.27. The average molecular weight is 420 g/mol. The molecule has 3 rings (SSSR count). The van der Waals surface area contributed by atoms with Gasteiger partial charge in [-0.15, -0.1) is 0 Å². The van der Waals surface area contributed by atoms with E-state index < -0.39 is 0 Å². The largest absolute Gasteiger partial charge is 0.356 e. The van der Waals surface area contributed by atoms with Crippen molar-refractivity contribution in [3.05, 3.63) is 46.0 Å². The molecule has 1 heterocycles. The Labute approximate surface area is 163 Å². The summed E-state index contributed by atoms with van der Waals surface area (Å²) in [5, 5.41) is 10.8. The Bertz CT molecular complexity index is 767. The van der Waals surface area contributed by atoms with E-state index >= 15 is 0 Å². The number of halogens is 1. The van der Waals surface area contributed by atoms with E-state index in [0.29, 0.717) is 18.9 Å². The molecule has 140 valence electrons. The minimum absolute atomic E-state index is 0.222. The highest BCUT2D eigenvalue weighted by Gasteiger charge is 2.44. The molecule has 1 aromatic heterocycles. The molecular weight excluding hydrogens is 394 g/mol. The van der Waals surface area contributed by atoms with Gasteiger partial charge in [0.2, 0.25) is 5.89 Å². The summed E-state index contributed by atoms with van der Waals surface area (Å²) in [5.74, 6) is 2.49. The van der Waals surface area contributed by atoms with Gasteiger partial charge >= 0.3 is 0 Å². The second kappa shape index (κ2) is 8.20. The summed E-state index contributed by atoms with van der Waals surface area (Å²) in [6, 6.07) is 8.59. The first-order chi connectivity index (χ1) is 12.5. The van der Waals surface area contributed by atoms with Gasteiger partial charge in [-0.25, -0.2) is 0 Å². The molecule has 0 amide bonds. The summed E-state index contributed by atoms with van der Waals surface area (Å²) in [5.41, 5.74) is 1.60. The predicted molar refractivity (Wildman–Crippen MR) is 107 cm³/mol. The van der Waals surface area contributed by atoms with E-state index in [2.05, 4.69) is 79.8 Å². The van der Waals surface area contributed by atoms with Crippen LogP contribution in [0.5, 0.6) is 0 Å². The van der Waals surface area contributed by atoms with Gasteiger partial charge in [0, 0.05) is 42.4 Å². The van der Waals surface area contributed by atoms with Crippen LogP contribution in [-0.4, -0.2) is 36.2 Å². The lowest BCUT2D eigenvalue weighted by Crippen LogP contribution is -2.42. The first-order valence-electron chi connectivity index (χ1n) is 9.05. The smallest absolute Gasteiger partial charge is 0.228 e. The van der Waals surface area contributed by atoms with E-state index in [-0.39, 0.29) is 11.3 Å². The van der Waals surface area contributed by atoms with E-state index in [1.165, 1.54) is 18.4 Å². The third-order valence-corrected chi connectivity index (χ3v) is 5.23. The maximum Gasteiger partial charge on any atom is 0.228 e. The third-order valence-electron chi connectivity index (χ3n) is 4.74. The van der Waals surface area contributed by atoms with Gasteiger partial charge in [0.15, 0.2) is 11.8 Å². The number of aromatic nitrogens is 2. The van der Waals surface area contributed by atoms with Crippen molar-refractivity contribution in [2.75, 3.05) is 20.1 Å². The van der Waals surface area contributed by atoms with Crippen LogP contribution in [0.4, 0.5) is 0 Å². The second-order valence-corrected chi connectivity index (χ2v) is 8.01. The number of hydrogen-bond donors (Lipinski definition) is 2. The van der Waals surface area contributed by atoms with Crippen LogP contribution >= 0.6 is 15.9 Å². The van der Waals surface area contributed by atoms with Gasteiger partial charge in [0.1, 0.15) is 0 Å². The SMILES string of the molecule is CN=C(NCCc1nc(C(C)C)no1)NCC1(c2cccc(Br)c2)CC1. The number of rotatable bonds is 7. The number of hydrogen-bond acceptors (Lipinski definition) is 4. The van der Waals surface area contributed by atoms with Crippen LogP contribution in [-0.2, 0) is 11.8 Å². The zero-order valence-electron chi connectivity index (χ0n) is 15.6. The Morgan fingerprint density at radius 1 is 1.35 bits per heavy atom. The van der Waals surface area contributed by atoms with Crippen LogP contribution in [0.2, 0.25) is 0 Å². The Balaban J connectivity index is 1.47. The van der Waals surface area contributed by atoms with Crippen molar-refractivity contribution in [1.29, 1.82) is 0 Å². The fourth-order valence-corrected chi connectivity index (χ4v) is 3.30. The minimum Gasteiger partial charge on any atom is -0.356 e. The zero-order chi connectivity index (χ0) is 18.6. The molecule has 0 aliphatic heterocycles. The van der Waals surface area contributed by atoms with Crippen molar-refractivity contribution in [1.82, 2.24) is 20.8 Å². The van der Waals surface area contributed by atoms with Crippen molar-refractivity contribution >= 4 is 21.9 Å². The molecule has 0 atom stereocenters. The summed E-state index contributed by atoms with van der Waals surface area (Å²) in [4.78, 5) is 8.71. The molecule has 0 radical (unpaired) electrons. The summed E-state index contributed by atoms with van der Waals surface area (Å²) in [7, 11) is 1.79. The van der Waals surface area contributed by atoms with Gasteiger partial charge in [0.05, 0.1) is 0 Å². The molecule has 1 fully saturated rings. The Morgan fingerprint density at radius 3 is 2.77 bits per heavy atom. The number of benzene rings is 1. The van der Waals surface area contributed by atoms with Crippen molar-refractivity contribution in [2.24, 2.45) is 4.99 Å². The van der Waals surface area contributed by atoms with E-state index in [1.54, 1.807) is 7.05 Å². The van der Waals surface area contributed by atoms with Crippen molar-refractivity contribution in [2.45, 2.75) is 44.4 Å². The number of nitrogens with one attached hydrogen (secondary N) is 2. The Kier molecular flexibility index (Phi) is 5.96. The first-order valence-corrected chi connectivity index (χ1v) is 9.85. The van der Waals surface area contributed by atoms with Crippen LogP contribution in [0.15, 0.2) is 38.3 Å². The van der Waals surface area contributed by atoms with Crippen molar-refractivity contribution < 1.29 is 4.52 Å². The van der Waals surface area contributed by atoms with Crippen LogP contribution in [0.1, 0.15) is 49.9 Å². The van der Waals surface area contributed by atoms with Gasteiger partial charge in [-0.1, -0.05) is 47.1 Å². The molecule has 0 unspecified atom stereocenters. The second-order valence-electron chi connectivity index (χ2n) is 7.09. The molecule has 7 heteroatoms. The monoisotopic (exact) mass is 419 g/mol. The maximum atomic E-state index is 5.27. The minimum atomic E-state index is 0.222. The number of guanidine groups is 1. The van der Waals surface area contributed by atoms with E-state index in [9.17, 15) is 0 Å². The molecule has 1 aliphatic carbocycles. The topological polar surface area (TPSA) is 75.3 Å². The van der Waals surface area contributed by atoms with Crippen LogP contribution in [0, 0.1) is 0 Å². The summed E-state index contributed by atoms with van der Waals surface area (Å²) in [6.45, 7) is 5.68. The van der Waals surface area contributed by atoms with E-state index in [4.69, 9.17) is 4.52 Å². The standard InChI is InChI=1S/C19H26BrN5O/c1-13(2)17-24-16(26-25-17)7-10-22-18(21-3)23-12-19(8-9-19)14-5-4-6-15(20)11-14/h4-6,11,13H,7-10,12H2,1-3H3,(H2,21,22,23). The van der Waals surface area contributed by atoms with Gasteiger partial charge in [0.25, 0.3) is 0 Å². The molecule has 1 aliphatic rings. The van der Waals surface area contributed by atoms with Gasteiger partial charge in [-0.3, -0.25) is 4.99 Å². The van der Waals surface area contributed by atoms with E-state index in [0.717, 1.165) is 22.8 Å². The molecule has 2 aromatic rings. The van der Waals surface area contributed by atoms with Crippen molar-refractivity contribution in [3.8, 4) is 0 Å². The highest BCUT2D eigenvalue weighted by molar-refractivity contribution is 9.10. The summed E-state index contributed by atoms with van der Waals surface area (Å²) < 4.78 is 6.40. The Morgan fingerprint density at radius 2 is 2.15 bits per heavy atom.